The molecular formula is C18H24FNO2. The Kier molecular flexibility index (Phi) is 4.48. The molecule has 3 unspecified atom stereocenters. The summed E-state index contributed by atoms with van der Waals surface area (Å²) in [4.78, 5) is 14.9. The summed E-state index contributed by atoms with van der Waals surface area (Å²) >= 11 is 0. The molecule has 0 N–H and O–H groups in total. The third-order valence-corrected chi connectivity index (χ3v) is 5.32. The number of hydrogen-bond acceptors (Lipinski definition) is 3. The number of halogens is 1. The normalized spacial score (nSPS) is 31.2. The van der Waals surface area contributed by atoms with E-state index in [9.17, 15) is 9.18 Å². The van der Waals surface area contributed by atoms with E-state index in [1.54, 1.807) is 0 Å². The summed E-state index contributed by atoms with van der Waals surface area (Å²) in [7, 11) is 1.47. The van der Waals surface area contributed by atoms with Gasteiger partial charge < -0.3 is 4.74 Å². The molecule has 2 fully saturated rings. The highest BCUT2D eigenvalue weighted by molar-refractivity contribution is 5.75. The number of methoxy groups -OCH3 is 1. The van der Waals surface area contributed by atoms with E-state index < -0.39 is 0 Å². The zero-order chi connectivity index (χ0) is 15.7. The molecule has 0 radical (unpaired) electrons. The number of hydrogen-bond donors (Lipinski definition) is 0. The Morgan fingerprint density at radius 2 is 2.05 bits per heavy atom. The lowest BCUT2D eigenvalue weighted by molar-refractivity contribution is -0.150. The van der Waals surface area contributed by atoms with Crippen LogP contribution in [0.15, 0.2) is 24.3 Å². The molecule has 2 aliphatic rings. The maximum Gasteiger partial charge on any atom is 0.310 e. The Hall–Kier alpha value is -1.42. The Morgan fingerprint density at radius 3 is 2.68 bits per heavy atom. The van der Waals surface area contributed by atoms with Crippen molar-refractivity contribution in [1.29, 1.82) is 0 Å². The number of rotatable bonds is 4. The van der Waals surface area contributed by atoms with Crippen LogP contribution in [0, 0.1) is 11.7 Å². The van der Waals surface area contributed by atoms with Crippen LogP contribution in [0.25, 0.3) is 0 Å². The second kappa shape index (κ2) is 6.37. The minimum absolute atomic E-state index is 0.124. The molecule has 0 aromatic heterocycles. The van der Waals surface area contributed by atoms with E-state index in [0.717, 1.165) is 37.8 Å². The predicted molar refractivity (Wildman–Crippen MR) is 83.1 cm³/mol. The molecule has 3 rings (SSSR count). The van der Waals surface area contributed by atoms with E-state index in [2.05, 4.69) is 11.8 Å². The molecule has 0 aliphatic carbocycles. The lowest BCUT2D eigenvalue weighted by Crippen LogP contribution is -2.51. The molecule has 1 aromatic carbocycles. The van der Waals surface area contributed by atoms with Crippen LogP contribution in [-0.2, 0) is 9.53 Å². The fraction of sp³-hybridized carbons (Fsp3) is 0.611. The molecule has 0 saturated carbocycles. The zero-order valence-corrected chi connectivity index (χ0v) is 13.3. The standard InChI is InChI=1S/C18H24FNO2/c1-3-10-20-14-8-9-16(20)17(18(21)22-2)15(11-14)12-4-6-13(19)7-5-12/h4-7,14-17H,3,8-11H2,1-2H3/t14?,15?,16-,17?/m1/s1. The van der Waals surface area contributed by atoms with E-state index in [-0.39, 0.29) is 29.7 Å². The minimum atomic E-state index is -0.232. The van der Waals surface area contributed by atoms with Crippen molar-refractivity contribution >= 4 is 5.97 Å². The zero-order valence-electron chi connectivity index (χ0n) is 13.3. The molecule has 2 bridgehead atoms. The van der Waals surface area contributed by atoms with Crippen LogP contribution in [0.2, 0.25) is 0 Å². The smallest absolute Gasteiger partial charge is 0.310 e. The average Bonchev–Trinajstić information content (AvgIpc) is 2.80. The van der Waals surface area contributed by atoms with Gasteiger partial charge in [0.1, 0.15) is 5.82 Å². The van der Waals surface area contributed by atoms with Gasteiger partial charge in [-0.15, -0.1) is 0 Å². The van der Waals surface area contributed by atoms with Gasteiger partial charge in [0.15, 0.2) is 0 Å². The van der Waals surface area contributed by atoms with Gasteiger partial charge in [-0.25, -0.2) is 4.39 Å². The van der Waals surface area contributed by atoms with Gasteiger partial charge in [0.05, 0.1) is 13.0 Å². The summed E-state index contributed by atoms with van der Waals surface area (Å²) in [6, 6.07) is 7.44. The summed E-state index contributed by atoms with van der Waals surface area (Å²) < 4.78 is 18.3. The number of nitrogens with zero attached hydrogens (tertiary/aromatic N) is 1. The Labute approximate surface area is 131 Å². The first-order valence-electron chi connectivity index (χ1n) is 8.24. The van der Waals surface area contributed by atoms with Crippen LogP contribution in [-0.4, -0.2) is 36.6 Å². The van der Waals surface area contributed by atoms with Crippen molar-refractivity contribution in [1.82, 2.24) is 4.90 Å². The minimum Gasteiger partial charge on any atom is -0.469 e. The van der Waals surface area contributed by atoms with E-state index in [4.69, 9.17) is 4.74 Å². The molecule has 2 aliphatic heterocycles. The first-order chi connectivity index (χ1) is 10.7. The van der Waals surface area contributed by atoms with Gasteiger partial charge in [-0.3, -0.25) is 9.69 Å². The first-order valence-corrected chi connectivity index (χ1v) is 8.24. The fourth-order valence-corrected chi connectivity index (χ4v) is 4.43. The Bertz CT molecular complexity index is 530. The highest BCUT2D eigenvalue weighted by Crippen LogP contribution is 2.47. The van der Waals surface area contributed by atoms with Gasteiger partial charge in [-0.2, -0.15) is 0 Å². The summed E-state index contributed by atoms with van der Waals surface area (Å²) in [5.41, 5.74) is 1.06. The van der Waals surface area contributed by atoms with Crippen LogP contribution in [0.4, 0.5) is 4.39 Å². The van der Waals surface area contributed by atoms with Gasteiger partial charge >= 0.3 is 5.97 Å². The van der Waals surface area contributed by atoms with E-state index in [1.165, 1.54) is 19.2 Å². The number of carbonyl (C=O) groups is 1. The highest BCUT2D eigenvalue weighted by atomic mass is 19.1. The lowest BCUT2D eigenvalue weighted by atomic mass is 9.76. The van der Waals surface area contributed by atoms with Crippen LogP contribution in [0.5, 0.6) is 0 Å². The summed E-state index contributed by atoms with van der Waals surface area (Å²) in [6.07, 6.45) is 4.27. The SMILES string of the molecule is CCCN1C2CC[C@@H]1C(C(=O)OC)C(c1ccc(F)cc1)C2. The first kappa shape index (κ1) is 15.5. The number of esters is 1. The highest BCUT2D eigenvalue weighted by Gasteiger charge is 2.50. The molecule has 4 heteroatoms. The molecule has 3 nitrogen and oxygen atoms in total. The number of fused-ring (bicyclic) bond motifs is 2. The van der Waals surface area contributed by atoms with E-state index >= 15 is 0 Å². The molecule has 0 amide bonds. The van der Waals surface area contributed by atoms with Crippen LogP contribution >= 0.6 is 0 Å². The van der Waals surface area contributed by atoms with Crippen molar-refractivity contribution in [2.24, 2.45) is 5.92 Å². The second-order valence-corrected chi connectivity index (χ2v) is 6.48. The Morgan fingerprint density at radius 1 is 1.32 bits per heavy atom. The van der Waals surface area contributed by atoms with Crippen molar-refractivity contribution < 1.29 is 13.9 Å². The van der Waals surface area contributed by atoms with Gasteiger partial charge in [0.2, 0.25) is 0 Å². The second-order valence-electron chi connectivity index (χ2n) is 6.48. The predicted octanol–water partition coefficient (Wildman–Crippen LogP) is 3.35. The third-order valence-electron chi connectivity index (χ3n) is 5.32. The third kappa shape index (κ3) is 2.65. The maximum atomic E-state index is 13.2. The maximum absolute atomic E-state index is 13.2. The largest absolute Gasteiger partial charge is 0.469 e. The summed E-state index contributed by atoms with van der Waals surface area (Å²) in [6.45, 7) is 3.22. The van der Waals surface area contributed by atoms with Gasteiger partial charge in [-0.05, 0) is 49.9 Å². The molecular weight excluding hydrogens is 281 g/mol. The van der Waals surface area contributed by atoms with Crippen molar-refractivity contribution in [3.05, 3.63) is 35.6 Å². The van der Waals surface area contributed by atoms with E-state index in [1.807, 2.05) is 12.1 Å². The van der Waals surface area contributed by atoms with Crippen molar-refractivity contribution in [2.45, 2.75) is 50.6 Å². The van der Waals surface area contributed by atoms with Crippen molar-refractivity contribution in [3.8, 4) is 0 Å². The summed E-state index contributed by atoms with van der Waals surface area (Å²) in [5, 5.41) is 0. The summed E-state index contributed by atoms with van der Waals surface area (Å²) in [5.74, 6) is -0.357. The number of ether oxygens (including phenoxy) is 1. The molecule has 4 atom stereocenters. The number of carbonyl (C=O) groups excluding carboxylic acids is 1. The number of benzene rings is 1. The van der Waals surface area contributed by atoms with Crippen molar-refractivity contribution in [3.63, 3.8) is 0 Å². The van der Waals surface area contributed by atoms with Crippen LogP contribution in [0.3, 0.4) is 0 Å². The molecule has 1 aromatic rings. The quantitative estimate of drug-likeness (QED) is 0.799. The number of piperidine rings is 1. The molecule has 22 heavy (non-hydrogen) atoms. The van der Waals surface area contributed by atoms with Gasteiger partial charge in [0.25, 0.3) is 0 Å². The fourth-order valence-electron chi connectivity index (χ4n) is 4.43. The van der Waals surface area contributed by atoms with Crippen LogP contribution < -0.4 is 0 Å². The van der Waals surface area contributed by atoms with Gasteiger partial charge in [0, 0.05) is 18.0 Å². The Balaban J connectivity index is 1.92. The lowest BCUT2D eigenvalue weighted by Gasteiger charge is -2.43. The van der Waals surface area contributed by atoms with Gasteiger partial charge in [-0.1, -0.05) is 19.1 Å². The van der Waals surface area contributed by atoms with Crippen LogP contribution in [0.1, 0.15) is 44.1 Å². The monoisotopic (exact) mass is 305 g/mol. The average molecular weight is 305 g/mol. The molecule has 0 spiro atoms. The molecule has 2 heterocycles. The van der Waals surface area contributed by atoms with Crippen molar-refractivity contribution in [2.75, 3.05) is 13.7 Å². The molecule has 120 valence electrons. The topological polar surface area (TPSA) is 29.5 Å². The van der Waals surface area contributed by atoms with E-state index in [0.29, 0.717) is 6.04 Å². The molecule has 2 saturated heterocycles.